The largest absolute Gasteiger partial charge is 0.260 e. The number of nitrogens with zero attached hydrogens (tertiary/aromatic N) is 5. The minimum absolute atomic E-state index is 0.00649. The summed E-state index contributed by atoms with van der Waals surface area (Å²) in [7, 11) is -4.20. The molecule has 0 aliphatic rings. The predicted octanol–water partition coefficient (Wildman–Crippen LogP) is 3.75. The van der Waals surface area contributed by atoms with Crippen LogP contribution in [0.25, 0.3) is 11.4 Å². The van der Waals surface area contributed by atoms with Crippen LogP contribution in [0.1, 0.15) is 16.8 Å². The van der Waals surface area contributed by atoms with Gasteiger partial charge in [-0.1, -0.05) is 41.9 Å². The number of aryl methyl sites for hydroxylation is 1. The van der Waals surface area contributed by atoms with Crippen molar-refractivity contribution in [2.45, 2.75) is 24.9 Å². The molecule has 0 fully saturated rings. The maximum absolute atomic E-state index is 14.6. The zero-order valence-corrected chi connectivity index (χ0v) is 18.5. The van der Waals surface area contributed by atoms with Gasteiger partial charge in [0.25, 0.3) is 0 Å². The molecule has 0 amide bonds. The molecule has 0 radical (unpaired) electrons. The molecule has 0 bridgehead atoms. The lowest BCUT2D eigenvalue weighted by atomic mass is 10.1. The Hall–Kier alpha value is -3.21. The van der Waals surface area contributed by atoms with Crippen molar-refractivity contribution in [3.63, 3.8) is 0 Å². The van der Waals surface area contributed by atoms with Crippen LogP contribution in [0.2, 0.25) is 5.02 Å². The first-order chi connectivity index (χ1) is 15.3. The Morgan fingerprint density at radius 1 is 1.09 bits per heavy atom. The van der Waals surface area contributed by atoms with Crippen molar-refractivity contribution < 1.29 is 12.8 Å². The van der Waals surface area contributed by atoms with E-state index in [1.807, 2.05) is 0 Å². The van der Waals surface area contributed by atoms with Crippen LogP contribution < -0.4 is 0 Å². The molecule has 0 saturated heterocycles. The maximum Gasteiger partial charge on any atom is 0.246 e. The minimum Gasteiger partial charge on any atom is -0.260 e. The number of nitrogens with one attached hydrogen (secondary N) is 1. The standard InChI is InChI=1S/C21H18ClFN6O2S/c1-14-10-20(19(23)11-18(14)22)32(30,31)29(13-17-4-2-3-9-24-17)12-15-5-7-16(8-6-15)21-25-27-28-26-21/h2-11H,12-13H2,1H3,(H,25,26,27,28). The Labute approximate surface area is 189 Å². The highest BCUT2D eigenvalue weighted by Gasteiger charge is 2.29. The summed E-state index contributed by atoms with van der Waals surface area (Å²) in [6.07, 6.45) is 1.58. The summed E-state index contributed by atoms with van der Waals surface area (Å²) in [6, 6.07) is 14.5. The lowest BCUT2D eigenvalue weighted by Crippen LogP contribution is -2.31. The molecular formula is C21H18ClFN6O2S. The summed E-state index contributed by atoms with van der Waals surface area (Å²) in [5.41, 5.74) is 2.42. The fourth-order valence-corrected chi connectivity index (χ4v) is 4.79. The van der Waals surface area contributed by atoms with E-state index in [0.29, 0.717) is 22.6 Å². The van der Waals surface area contributed by atoms with Crippen LogP contribution in [0.3, 0.4) is 0 Å². The molecule has 0 unspecified atom stereocenters. The molecule has 0 saturated carbocycles. The predicted molar refractivity (Wildman–Crippen MR) is 116 cm³/mol. The molecule has 11 heteroatoms. The average molecular weight is 473 g/mol. The molecule has 0 aliphatic carbocycles. The van der Waals surface area contributed by atoms with Crippen LogP contribution in [-0.2, 0) is 23.1 Å². The van der Waals surface area contributed by atoms with Gasteiger partial charge < -0.3 is 0 Å². The van der Waals surface area contributed by atoms with Crippen LogP contribution in [0, 0.1) is 12.7 Å². The molecule has 2 aromatic carbocycles. The quantitative estimate of drug-likeness (QED) is 0.439. The Morgan fingerprint density at radius 2 is 1.88 bits per heavy atom. The summed E-state index contributed by atoms with van der Waals surface area (Å²) >= 11 is 5.96. The Balaban J connectivity index is 1.69. The van der Waals surface area contributed by atoms with Crippen molar-refractivity contribution in [2.24, 2.45) is 0 Å². The molecule has 0 aliphatic heterocycles. The van der Waals surface area contributed by atoms with Gasteiger partial charge in [-0.3, -0.25) is 4.98 Å². The van der Waals surface area contributed by atoms with E-state index in [9.17, 15) is 12.8 Å². The Morgan fingerprint density at radius 3 is 2.53 bits per heavy atom. The smallest absolute Gasteiger partial charge is 0.246 e. The molecule has 164 valence electrons. The number of rotatable bonds is 7. The van der Waals surface area contributed by atoms with Gasteiger partial charge in [-0.2, -0.15) is 9.52 Å². The van der Waals surface area contributed by atoms with Crippen LogP contribution in [0.4, 0.5) is 4.39 Å². The molecule has 0 atom stereocenters. The highest BCUT2D eigenvalue weighted by molar-refractivity contribution is 7.89. The highest BCUT2D eigenvalue weighted by atomic mass is 35.5. The second-order valence-corrected chi connectivity index (χ2v) is 9.37. The van der Waals surface area contributed by atoms with Crippen molar-refractivity contribution in [1.29, 1.82) is 0 Å². The SMILES string of the molecule is Cc1cc(S(=O)(=O)N(Cc2ccc(-c3nn[nH]n3)cc2)Cc2ccccn2)c(F)cc1Cl. The summed E-state index contributed by atoms with van der Waals surface area (Å²) in [5, 5.41) is 13.9. The molecule has 0 spiro atoms. The summed E-state index contributed by atoms with van der Waals surface area (Å²) in [4.78, 5) is 3.79. The number of H-pyrrole nitrogens is 1. The number of aromatic amines is 1. The van der Waals surface area contributed by atoms with E-state index in [1.54, 1.807) is 55.6 Å². The topological polar surface area (TPSA) is 105 Å². The van der Waals surface area contributed by atoms with Crippen LogP contribution >= 0.6 is 11.6 Å². The Bertz CT molecular complexity index is 1320. The molecule has 2 aromatic heterocycles. The number of halogens is 2. The van der Waals surface area contributed by atoms with Crippen LogP contribution in [-0.4, -0.2) is 38.3 Å². The van der Waals surface area contributed by atoms with Gasteiger partial charge >= 0.3 is 0 Å². The van der Waals surface area contributed by atoms with Gasteiger partial charge in [0.15, 0.2) is 0 Å². The molecule has 4 aromatic rings. The first-order valence-electron chi connectivity index (χ1n) is 9.53. The zero-order chi connectivity index (χ0) is 22.7. The van der Waals surface area contributed by atoms with Crippen molar-refractivity contribution in [3.05, 3.63) is 88.5 Å². The molecule has 1 N–H and O–H groups in total. The van der Waals surface area contributed by atoms with Gasteiger partial charge in [0.2, 0.25) is 15.8 Å². The van der Waals surface area contributed by atoms with E-state index >= 15 is 0 Å². The number of tetrazole rings is 1. The molecule has 8 nitrogen and oxygen atoms in total. The van der Waals surface area contributed by atoms with Gasteiger partial charge in [0.1, 0.15) is 10.7 Å². The third-order valence-electron chi connectivity index (χ3n) is 4.81. The maximum atomic E-state index is 14.6. The van der Waals surface area contributed by atoms with E-state index in [0.717, 1.165) is 11.6 Å². The second kappa shape index (κ2) is 9.11. The normalized spacial score (nSPS) is 11.8. The number of hydrogen-bond acceptors (Lipinski definition) is 6. The average Bonchev–Trinajstić information content (AvgIpc) is 3.32. The minimum atomic E-state index is -4.20. The number of hydrogen-bond donors (Lipinski definition) is 1. The highest BCUT2D eigenvalue weighted by Crippen LogP contribution is 2.28. The number of pyridine rings is 1. The van der Waals surface area contributed by atoms with E-state index in [1.165, 1.54) is 10.4 Å². The monoisotopic (exact) mass is 472 g/mol. The van der Waals surface area contributed by atoms with Gasteiger partial charge in [0, 0.05) is 23.3 Å². The van der Waals surface area contributed by atoms with Gasteiger partial charge in [0.05, 0.1) is 12.2 Å². The second-order valence-electron chi connectivity index (χ2n) is 7.06. The molecular weight excluding hydrogens is 455 g/mol. The molecule has 4 rings (SSSR count). The van der Waals surface area contributed by atoms with Crippen molar-refractivity contribution >= 4 is 21.6 Å². The lowest BCUT2D eigenvalue weighted by molar-refractivity contribution is 0.393. The summed E-state index contributed by atoms with van der Waals surface area (Å²) in [6.45, 7) is 1.60. The van der Waals surface area contributed by atoms with Crippen molar-refractivity contribution in [2.75, 3.05) is 0 Å². The lowest BCUT2D eigenvalue weighted by Gasteiger charge is -2.23. The van der Waals surface area contributed by atoms with Gasteiger partial charge in [-0.25, -0.2) is 12.8 Å². The third kappa shape index (κ3) is 4.67. The summed E-state index contributed by atoms with van der Waals surface area (Å²) in [5.74, 6) is -0.479. The van der Waals surface area contributed by atoms with Crippen molar-refractivity contribution in [1.82, 2.24) is 29.9 Å². The van der Waals surface area contributed by atoms with E-state index in [2.05, 4.69) is 25.6 Å². The third-order valence-corrected chi connectivity index (χ3v) is 7.03. The van der Waals surface area contributed by atoms with E-state index < -0.39 is 20.7 Å². The number of aromatic nitrogens is 5. The molecule has 32 heavy (non-hydrogen) atoms. The van der Waals surface area contributed by atoms with Gasteiger partial charge in [-0.05, 0) is 47.5 Å². The Kier molecular flexibility index (Phi) is 6.26. The number of sulfonamides is 1. The number of benzene rings is 2. The molecule has 2 heterocycles. The van der Waals surface area contributed by atoms with Gasteiger partial charge in [-0.15, -0.1) is 10.2 Å². The fraction of sp³-hybridized carbons (Fsp3) is 0.143. The fourth-order valence-electron chi connectivity index (χ4n) is 3.11. The first kappa shape index (κ1) is 22.0. The van der Waals surface area contributed by atoms with E-state index in [4.69, 9.17) is 11.6 Å². The van der Waals surface area contributed by atoms with E-state index in [-0.39, 0.29) is 18.1 Å². The summed E-state index contributed by atoms with van der Waals surface area (Å²) < 4.78 is 42.8. The van der Waals surface area contributed by atoms with Crippen LogP contribution in [0.15, 0.2) is 65.7 Å². The first-order valence-corrected chi connectivity index (χ1v) is 11.3. The van der Waals surface area contributed by atoms with Crippen LogP contribution in [0.5, 0.6) is 0 Å². The van der Waals surface area contributed by atoms with Crippen molar-refractivity contribution in [3.8, 4) is 11.4 Å². The zero-order valence-electron chi connectivity index (χ0n) is 16.9.